The van der Waals surface area contributed by atoms with Crippen LogP contribution < -0.4 is 0 Å². The Morgan fingerprint density at radius 3 is 1.24 bits per heavy atom. The van der Waals surface area contributed by atoms with E-state index in [0.717, 1.165) is 0 Å². The lowest BCUT2D eigenvalue weighted by Gasteiger charge is -2.21. The minimum Gasteiger partial charge on any atom is -0.0622 e. The fraction of sp³-hybridized carbons (Fsp3) is 0. The Kier molecular flexibility index (Phi) is 8.26. The fourth-order valence-corrected chi connectivity index (χ4v) is 9.17. The van der Waals surface area contributed by atoms with Crippen LogP contribution in [0, 0.1) is 0 Å². The number of hydrogen-bond acceptors (Lipinski definition) is 0. The lowest BCUT2D eigenvalue weighted by Crippen LogP contribution is -1.94. The highest BCUT2D eigenvalue weighted by atomic mass is 14.2. The first kappa shape index (κ1) is 33.8. The summed E-state index contributed by atoms with van der Waals surface area (Å²) in [5, 5.41) is 10.1. The first-order chi connectivity index (χ1) is 28.8. The molecule has 0 spiro atoms. The zero-order chi connectivity index (χ0) is 38.4. The molecule has 0 heterocycles. The van der Waals surface area contributed by atoms with E-state index in [1.165, 1.54) is 110 Å². The molecule has 0 aliphatic carbocycles. The van der Waals surface area contributed by atoms with Crippen LogP contribution in [0.5, 0.6) is 0 Å². The number of benzene rings is 11. The van der Waals surface area contributed by atoms with Gasteiger partial charge in [-0.2, -0.15) is 0 Å². The molecule has 11 aromatic rings. The van der Waals surface area contributed by atoms with Crippen molar-refractivity contribution in [3.05, 3.63) is 231 Å². The van der Waals surface area contributed by atoms with E-state index in [1.54, 1.807) is 0 Å². The van der Waals surface area contributed by atoms with Crippen LogP contribution in [0.15, 0.2) is 231 Å². The van der Waals surface area contributed by atoms with Crippen LogP contribution in [0.1, 0.15) is 0 Å². The number of rotatable bonds is 6. The first-order valence-electron chi connectivity index (χ1n) is 20.1. The number of hydrogen-bond donors (Lipinski definition) is 0. The SMILES string of the molecule is c1ccc(-c2cccc(-c3ccc(-c4cccc(-c5cc6ccccc6c6ccccc56)c4)cc3-c3c4ccccc4c(-c4ccccc4)c4ccccc34)c2)cc1. The van der Waals surface area contributed by atoms with Gasteiger partial charge in [0.2, 0.25) is 0 Å². The smallest absolute Gasteiger partial charge is 0.00199 e. The monoisotopic (exact) mass is 734 g/mol. The molecule has 0 aliphatic heterocycles. The number of fused-ring (bicyclic) bond motifs is 5. The Hall–Kier alpha value is -7.54. The van der Waals surface area contributed by atoms with Gasteiger partial charge in [0, 0.05) is 0 Å². The lowest BCUT2D eigenvalue weighted by molar-refractivity contribution is 1.57. The molecule has 0 radical (unpaired) electrons. The Bertz CT molecular complexity index is 3260. The van der Waals surface area contributed by atoms with E-state index in [9.17, 15) is 0 Å². The van der Waals surface area contributed by atoms with Crippen molar-refractivity contribution in [2.24, 2.45) is 0 Å². The average molecular weight is 735 g/mol. The summed E-state index contributed by atoms with van der Waals surface area (Å²) < 4.78 is 0. The maximum atomic E-state index is 2.44. The van der Waals surface area contributed by atoms with Crippen molar-refractivity contribution in [2.45, 2.75) is 0 Å². The van der Waals surface area contributed by atoms with Crippen LogP contribution in [0.25, 0.3) is 110 Å². The minimum absolute atomic E-state index is 1.19. The van der Waals surface area contributed by atoms with E-state index >= 15 is 0 Å². The molecule has 0 aromatic heterocycles. The molecule has 0 saturated carbocycles. The molecule has 11 aromatic carbocycles. The van der Waals surface area contributed by atoms with Crippen molar-refractivity contribution >= 4 is 43.1 Å². The summed E-state index contributed by atoms with van der Waals surface area (Å²) in [6, 6.07) is 84.6. The van der Waals surface area contributed by atoms with Gasteiger partial charge in [-0.25, -0.2) is 0 Å². The van der Waals surface area contributed by atoms with Gasteiger partial charge in [-0.3, -0.25) is 0 Å². The largest absolute Gasteiger partial charge is 0.0622 e. The highest BCUT2D eigenvalue weighted by molar-refractivity contribution is 6.22. The van der Waals surface area contributed by atoms with E-state index in [4.69, 9.17) is 0 Å². The maximum absolute atomic E-state index is 2.44. The summed E-state index contributed by atoms with van der Waals surface area (Å²) in [6.07, 6.45) is 0. The second kappa shape index (κ2) is 14.2. The normalized spacial score (nSPS) is 11.4. The molecule has 0 heteroatoms. The minimum atomic E-state index is 1.19. The summed E-state index contributed by atoms with van der Waals surface area (Å²) in [5.41, 5.74) is 14.6. The van der Waals surface area contributed by atoms with Gasteiger partial charge in [0.15, 0.2) is 0 Å². The van der Waals surface area contributed by atoms with Gasteiger partial charge in [0.05, 0.1) is 0 Å². The molecule has 0 atom stereocenters. The third-order valence-corrected chi connectivity index (χ3v) is 11.8. The van der Waals surface area contributed by atoms with Gasteiger partial charge in [0.1, 0.15) is 0 Å². The van der Waals surface area contributed by atoms with Gasteiger partial charge in [-0.05, 0) is 134 Å². The van der Waals surface area contributed by atoms with Crippen LogP contribution in [0.3, 0.4) is 0 Å². The van der Waals surface area contributed by atoms with Crippen LogP contribution in [0.4, 0.5) is 0 Å². The summed E-state index contributed by atoms with van der Waals surface area (Å²) in [6.45, 7) is 0. The Morgan fingerprint density at radius 1 is 0.172 bits per heavy atom. The van der Waals surface area contributed by atoms with Crippen molar-refractivity contribution in [3.63, 3.8) is 0 Å². The standard InChI is InChI=1S/C58H38/c1-3-17-39(18-4-1)41-22-15-24-44(35-41)48-34-33-43(42-23-16-25-45(36-42)55-38-46-21-7-8-26-47(46)49-27-9-10-28-50(49)55)37-56(48)58-53-31-13-11-29-51(53)57(40-19-5-2-6-20-40)52-30-12-14-32-54(52)58/h1-38H. The van der Waals surface area contributed by atoms with Crippen molar-refractivity contribution in [2.75, 3.05) is 0 Å². The third kappa shape index (κ3) is 5.78. The quantitative estimate of drug-likeness (QED) is 0.118. The fourth-order valence-electron chi connectivity index (χ4n) is 9.17. The molecule has 0 unspecified atom stereocenters. The lowest BCUT2D eigenvalue weighted by atomic mass is 9.82. The van der Waals surface area contributed by atoms with E-state index in [-0.39, 0.29) is 0 Å². The van der Waals surface area contributed by atoms with Gasteiger partial charge in [0.25, 0.3) is 0 Å². The topological polar surface area (TPSA) is 0 Å². The van der Waals surface area contributed by atoms with Crippen molar-refractivity contribution in [3.8, 4) is 66.8 Å². The van der Waals surface area contributed by atoms with Gasteiger partial charge in [-0.15, -0.1) is 0 Å². The Morgan fingerprint density at radius 2 is 0.603 bits per heavy atom. The molecular weight excluding hydrogens is 697 g/mol. The van der Waals surface area contributed by atoms with E-state index in [1.807, 2.05) is 0 Å². The highest BCUT2D eigenvalue weighted by Crippen LogP contribution is 2.47. The second-order valence-electron chi connectivity index (χ2n) is 15.2. The molecule has 0 aliphatic rings. The summed E-state index contributed by atoms with van der Waals surface area (Å²) in [5.74, 6) is 0. The van der Waals surface area contributed by atoms with Crippen LogP contribution in [0.2, 0.25) is 0 Å². The zero-order valence-electron chi connectivity index (χ0n) is 31.9. The molecule has 0 N–H and O–H groups in total. The summed E-state index contributed by atoms with van der Waals surface area (Å²) in [4.78, 5) is 0. The van der Waals surface area contributed by atoms with Gasteiger partial charge in [-0.1, -0.05) is 206 Å². The molecular formula is C58H38. The van der Waals surface area contributed by atoms with Crippen LogP contribution in [-0.2, 0) is 0 Å². The van der Waals surface area contributed by atoms with Crippen molar-refractivity contribution in [1.82, 2.24) is 0 Å². The van der Waals surface area contributed by atoms with Crippen molar-refractivity contribution < 1.29 is 0 Å². The summed E-state index contributed by atoms with van der Waals surface area (Å²) >= 11 is 0. The maximum Gasteiger partial charge on any atom is -0.00199 e. The second-order valence-corrected chi connectivity index (χ2v) is 15.2. The summed E-state index contributed by atoms with van der Waals surface area (Å²) in [7, 11) is 0. The van der Waals surface area contributed by atoms with Gasteiger partial charge >= 0.3 is 0 Å². The van der Waals surface area contributed by atoms with E-state index in [0.29, 0.717) is 0 Å². The predicted octanol–water partition coefficient (Wildman–Crippen LogP) is 16.3. The molecule has 0 fully saturated rings. The predicted molar refractivity (Wildman–Crippen MR) is 249 cm³/mol. The van der Waals surface area contributed by atoms with E-state index < -0.39 is 0 Å². The third-order valence-electron chi connectivity index (χ3n) is 11.8. The molecule has 270 valence electrons. The van der Waals surface area contributed by atoms with Crippen molar-refractivity contribution in [1.29, 1.82) is 0 Å². The zero-order valence-corrected chi connectivity index (χ0v) is 31.9. The average Bonchev–Trinajstić information content (AvgIpc) is 3.31. The van der Waals surface area contributed by atoms with Crippen LogP contribution >= 0.6 is 0 Å². The van der Waals surface area contributed by atoms with E-state index in [2.05, 4.69) is 231 Å². The Labute approximate surface area is 339 Å². The molecule has 58 heavy (non-hydrogen) atoms. The molecule has 0 amide bonds. The van der Waals surface area contributed by atoms with Crippen LogP contribution in [-0.4, -0.2) is 0 Å². The first-order valence-corrected chi connectivity index (χ1v) is 20.1. The molecule has 0 saturated heterocycles. The highest BCUT2D eigenvalue weighted by Gasteiger charge is 2.20. The molecule has 0 bridgehead atoms. The Balaban J connectivity index is 1.17. The molecule has 0 nitrogen and oxygen atoms in total. The molecule has 11 rings (SSSR count). The van der Waals surface area contributed by atoms with Gasteiger partial charge < -0.3 is 0 Å².